The molecule has 6 aromatic rings. The van der Waals surface area contributed by atoms with Gasteiger partial charge in [-0.15, -0.1) is 0 Å². The van der Waals surface area contributed by atoms with Gasteiger partial charge in [0.25, 0.3) is 0 Å². The molecule has 0 heterocycles. The molecule has 48 heavy (non-hydrogen) atoms. The van der Waals surface area contributed by atoms with Gasteiger partial charge in [0.2, 0.25) is 0 Å². The minimum atomic E-state index is -0.446. The summed E-state index contributed by atoms with van der Waals surface area (Å²) in [5.41, 5.74) is 0. The summed E-state index contributed by atoms with van der Waals surface area (Å²) in [6, 6.07) is 68.2. The van der Waals surface area contributed by atoms with E-state index in [2.05, 4.69) is 182 Å². The van der Waals surface area contributed by atoms with Crippen molar-refractivity contribution in [3.05, 3.63) is 182 Å². The van der Waals surface area contributed by atoms with Crippen molar-refractivity contribution in [2.45, 2.75) is 13.8 Å². The number of rotatable bonds is 6. The van der Waals surface area contributed by atoms with Gasteiger partial charge in [-0.05, 0) is 47.7 Å². The normalized spacial score (nSPS) is 9.17. The molecule has 0 aliphatic carbocycles. The van der Waals surface area contributed by atoms with E-state index in [1.165, 1.54) is 45.7 Å². The number of hydrogen-bond acceptors (Lipinski definition) is 2. The zero-order chi connectivity index (χ0) is 34.0. The molecule has 0 spiro atoms. The largest absolute Gasteiger partial charge is 0.0622 e. The molecule has 0 aromatic heterocycles. The maximum Gasteiger partial charge on any atom is 0 e. The Kier molecular flexibility index (Phi) is 25.1. The van der Waals surface area contributed by atoms with Gasteiger partial charge in [-0.3, -0.25) is 0 Å². The van der Waals surface area contributed by atoms with Crippen LogP contribution in [0.4, 0.5) is 0 Å². The molecule has 0 bridgehead atoms. The third-order valence-electron chi connectivity index (χ3n) is 6.09. The molecule has 0 saturated carbocycles. The minimum Gasteiger partial charge on any atom is -0.0622 e. The average molecular weight is 890 g/mol. The van der Waals surface area contributed by atoms with Crippen LogP contribution in [0.2, 0.25) is 0 Å². The first-order chi connectivity index (χ1) is 23.1. The Balaban J connectivity index is 0.000000380. The molecule has 6 rings (SSSR count). The van der Waals surface area contributed by atoms with E-state index in [4.69, 9.17) is 29.6 Å². The van der Waals surface area contributed by atoms with Gasteiger partial charge < -0.3 is 0 Å². The van der Waals surface area contributed by atoms with Gasteiger partial charge in [0, 0.05) is 34.3 Å². The Morgan fingerprint density at radius 3 is 0.583 bits per heavy atom. The van der Waals surface area contributed by atoms with E-state index in [0.29, 0.717) is 0 Å². The van der Waals surface area contributed by atoms with Gasteiger partial charge in [0.15, 0.2) is 0 Å². The smallest absolute Gasteiger partial charge is 0 e. The molecule has 0 aliphatic rings. The summed E-state index contributed by atoms with van der Waals surface area (Å²) in [5, 5.41) is 23.0. The third kappa shape index (κ3) is 16.0. The number of halogens is 2. The van der Waals surface area contributed by atoms with Gasteiger partial charge in [-0.25, -0.2) is 0 Å². The summed E-state index contributed by atoms with van der Waals surface area (Å²) >= 11 is -0.106. The molecule has 0 atom stereocenters. The van der Waals surface area contributed by atoms with Crippen LogP contribution < -0.4 is 31.8 Å². The molecular formula is C40H36Cl2N2P2Pd2. The van der Waals surface area contributed by atoms with Crippen LogP contribution in [0.3, 0.4) is 0 Å². The van der Waals surface area contributed by atoms with Crippen molar-refractivity contribution in [3.63, 3.8) is 0 Å². The van der Waals surface area contributed by atoms with Crippen molar-refractivity contribution in [2.75, 3.05) is 0 Å². The van der Waals surface area contributed by atoms with E-state index in [0.717, 1.165) is 0 Å². The van der Waals surface area contributed by atoms with Crippen LogP contribution in [-0.4, -0.2) is 0 Å². The third-order valence-corrected chi connectivity index (χ3v) is 11.0. The second-order valence-electron chi connectivity index (χ2n) is 9.18. The van der Waals surface area contributed by atoms with Crippen molar-refractivity contribution < 1.29 is 36.4 Å². The van der Waals surface area contributed by atoms with Crippen LogP contribution in [0.25, 0.3) is 0 Å². The van der Waals surface area contributed by atoms with Crippen molar-refractivity contribution in [1.29, 1.82) is 10.5 Å². The van der Waals surface area contributed by atoms with Crippen LogP contribution in [0.15, 0.2) is 182 Å². The number of hydrogen-bond donors (Lipinski definition) is 0. The molecule has 0 saturated heterocycles. The van der Waals surface area contributed by atoms with Gasteiger partial charge in [-0.2, -0.15) is 10.5 Å². The van der Waals surface area contributed by atoms with Crippen molar-refractivity contribution in [3.8, 4) is 12.1 Å². The fourth-order valence-electron chi connectivity index (χ4n) is 4.36. The predicted octanol–water partition coefficient (Wildman–Crippen LogP) is 9.32. The van der Waals surface area contributed by atoms with Crippen molar-refractivity contribution in [2.24, 2.45) is 0 Å². The predicted molar refractivity (Wildman–Crippen MR) is 205 cm³/mol. The fraction of sp³-hybridized carbons (Fsp3) is 0.0500. The van der Waals surface area contributed by atoms with Crippen LogP contribution in [0, 0.1) is 22.7 Å². The quantitative estimate of drug-likeness (QED) is 0.124. The Morgan fingerprint density at radius 2 is 0.479 bits per heavy atom. The van der Waals surface area contributed by atoms with Gasteiger partial charge in [0.05, 0.1) is 12.1 Å². The second kappa shape index (κ2) is 28.0. The minimum absolute atomic E-state index is 0. The fourth-order valence-corrected chi connectivity index (χ4v) is 8.97. The van der Waals surface area contributed by atoms with Gasteiger partial charge in [0.1, 0.15) is 0 Å². The van der Waals surface area contributed by atoms with E-state index in [9.17, 15) is 0 Å². The van der Waals surface area contributed by atoms with E-state index >= 15 is 0 Å². The molecule has 8 heteroatoms. The second-order valence-corrected chi connectivity index (χ2v) is 16.0. The summed E-state index contributed by atoms with van der Waals surface area (Å²) in [5.74, 6) is 0. The first-order valence-corrected chi connectivity index (χ1v) is 21.2. The molecule has 2 nitrogen and oxygen atoms in total. The first kappa shape index (κ1) is 43.1. The Morgan fingerprint density at radius 1 is 0.375 bits per heavy atom. The molecular weight excluding hydrogens is 854 g/mol. The monoisotopic (exact) mass is 888 g/mol. The maximum atomic E-state index is 7.32. The van der Waals surface area contributed by atoms with E-state index < -0.39 is 15.8 Å². The van der Waals surface area contributed by atoms with Crippen LogP contribution in [0.1, 0.15) is 13.8 Å². The van der Waals surface area contributed by atoms with Crippen LogP contribution in [-0.2, 0) is 36.4 Å². The summed E-state index contributed by atoms with van der Waals surface area (Å²) in [6.45, 7) is 2.86. The Hall–Kier alpha value is -2.94. The van der Waals surface area contributed by atoms with Crippen molar-refractivity contribution >= 4 is 66.7 Å². The number of nitrogens with zero attached hydrogens (tertiary/aromatic N) is 2. The molecule has 0 amide bonds. The molecule has 0 fully saturated rings. The first-order valence-electron chi connectivity index (χ1n) is 14.5. The van der Waals surface area contributed by atoms with Gasteiger partial charge in [-0.1, -0.05) is 182 Å². The zero-order valence-corrected chi connectivity index (χ0v) is 32.9. The summed E-state index contributed by atoms with van der Waals surface area (Å²) in [6.07, 6.45) is 0. The molecule has 250 valence electrons. The molecule has 0 N–H and O–H groups in total. The summed E-state index contributed by atoms with van der Waals surface area (Å²) < 4.78 is 0. The van der Waals surface area contributed by atoms with Gasteiger partial charge >= 0.3 is 35.0 Å². The maximum absolute atomic E-state index is 7.32. The molecule has 0 aliphatic heterocycles. The van der Waals surface area contributed by atoms with E-state index in [-0.39, 0.29) is 36.4 Å². The van der Waals surface area contributed by atoms with E-state index in [1.54, 1.807) is 12.1 Å². The molecule has 0 unspecified atom stereocenters. The van der Waals surface area contributed by atoms with Crippen LogP contribution in [0.5, 0.6) is 0 Å². The molecule has 6 aromatic carbocycles. The Bertz CT molecular complexity index is 1390. The standard InChI is InChI=1S/2C18H15P.2C2H3N.2ClH.2Pd/c2*1-4-10-16(11-5-1)19(17-12-6-2-7-13-17)18-14-8-3-9-15-18;2*1-2-3;;;;/h2*1-15H;2*1H3;2*1H;;/q;;;;;;;+2/p-2. The summed E-state index contributed by atoms with van der Waals surface area (Å²) in [7, 11) is 8.74. The van der Waals surface area contributed by atoms with E-state index in [1.807, 2.05) is 0 Å². The number of benzene rings is 6. The van der Waals surface area contributed by atoms with Crippen LogP contribution >= 0.6 is 34.9 Å². The summed E-state index contributed by atoms with van der Waals surface area (Å²) in [4.78, 5) is 0. The Labute approximate surface area is 319 Å². The van der Waals surface area contributed by atoms with Crippen molar-refractivity contribution in [1.82, 2.24) is 0 Å². The molecule has 0 radical (unpaired) electrons. The average Bonchev–Trinajstić information content (AvgIpc) is 3.13. The zero-order valence-electron chi connectivity index (χ0n) is 26.5. The topological polar surface area (TPSA) is 47.6 Å². The number of nitriles is 2. The SMILES string of the molecule is CC#N.CC#N.[Cl][Pd][Cl].[Pd].c1ccc(P(c2ccccc2)c2ccccc2)cc1.c1ccc(P(c2ccccc2)c2ccccc2)cc1.